The number of rotatable bonds is 8. The average molecular weight is 487 g/mol. The normalized spacial score (nSPS) is 11.1. The fourth-order valence-electron chi connectivity index (χ4n) is 2.64. The maximum atomic E-state index is 12.5. The van der Waals surface area contributed by atoms with Gasteiger partial charge in [0.05, 0.1) is 7.11 Å². The Bertz CT molecular complexity index is 1200. The number of thiophene rings is 1. The number of hydrogen-bond acceptors (Lipinski definition) is 7. The molecule has 0 bridgehead atoms. The Labute approximate surface area is 196 Å². The molecule has 168 valence electrons. The monoisotopic (exact) mass is 486 g/mol. The number of alkyl halides is 2. The molecule has 0 aliphatic heterocycles. The van der Waals surface area contributed by atoms with Gasteiger partial charge in [0.1, 0.15) is 16.5 Å². The van der Waals surface area contributed by atoms with E-state index >= 15 is 0 Å². The molecule has 0 saturated heterocycles. The zero-order valence-corrected chi connectivity index (χ0v) is 18.7. The lowest BCUT2D eigenvalue weighted by atomic mass is 10.1. The van der Waals surface area contributed by atoms with Crippen molar-refractivity contribution < 1.29 is 27.8 Å². The van der Waals surface area contributed by atoms with Crippen LogP contribution in [0.4, 0.5) is 14.5 Å². The van der Waals surface area contributed by atoms with Crippen LogP contribution in [-0.4, -0.2) is 24.7 Å². The summed E-state index contributed by atoms with van der Waals surface area (Å²) in [7, 11) is 1.40. The molecule has 3 rings (SSSR count). The van der Waals surface area contributed by atoms with E-state index in [-0.39, 0.29) is 17.1 Å². The van der Waals surface area contributed by atoms with Gasteiger partial charge in [-0.05, 0) is 59.5 Å². The van der Waals surface area contributed by atoms with Crippen LogP contribution in [0.1, 0.15) is 15.2 Å². The number of carbonyl (C=O) groups excluding carboxylic acids is 2. The van der Waals surface area contributed by atoms with Crippen LogP contribution in [0, 0.1) is 11.3 Å². The van der Waals surface area contributed by atoms with Crippen molar-refractivity contribution in [2.45, 2.75) is 10.7 Å². The lowest BCUT2D eigenvalue weighted by Crippen LogP contribution is -2.13. The largest absolute Gasteiger partial charge is 0.493 e. The van der Waals surface area contributed by atoms with Gasteiger partial charge < -0.3 is 14.8 Å². The quantitative estimate of drug-likeness (QED) is 0.142. The van der Waals surface area contributed by atoms with Crippen molar-refractivity contribution in [3.8, 4) is 17.6 Å². The number of esters is 1. The molecular formula is C23H16F2N2O4S2. The molecule has 1 amide bonds. The van der Waals surface area contributed by atoms with E-state index in [0.717, 1.165) is 0 Å². The fraction of sp³-hybridized carbons (Fsp3) is 0.0870. The second-order valence-electron chi connectivity index (χ2n) is 6.30. The second kappa shape index (κ2) is 11.3. The Kier molecular flexibility index (Phi) is 8.18. The molecule has 0 saturated carbocycles. The van der Waals surface area contributed by atoms with Crippen LogP contribution in [0.15, 0.2) is 70.4 Å². The van der Waals surface area contributed by atoms with Crippen LogP contribution >= 0.6 is 23.1 Å². The van der Waals surface area contributed by atoms with Crippen LogP contribution in [0.25, 0.3) is 6.08 Å². The summed E-state index contributed by atoms with van der Waals surface area (Å²) in [6.45, 7) is 0. The standard InChI is InChI=1S/C23H16F2N2O4S2/c1-30-19-12-14(4-9-18(19)31-22(29)20-3-2-10-32-20)11-15(13-26)21(28)27-16-5-7-17(8-6-16)33-23(24)25/h2-12,23H,1H3,(H,27,28)/b15-11+. The minimum atomic E-state index is -2.54. The van der Waals surface area contributed by atoms with Crippen molar-refractivity contribution in [2.24, 2.45) is 0 Å². The summed E-state index contributed by atoms with van der Waals surface area (Å²) >= 11 is 1.64. The molecule has 1 aromatic heterocycles. The van der Waals surface area contributed by atoms with Crippen molar-refractivity contribution in [3.05, 3.63) is 76.0 Å². The van der Waals surface area contributed by atoms with Crippen molar-refractivity contribution in [1.82, 2.24) is 0 Å². The summed E-state index contributed by atoms with van der Waals surface area (Å²) in [4.78, 5) is 25.4. The van der Waals surface area contributed by atoms with Crippen molar-refractivity contribution in [2.75, 3.05) is 12.4 Å². The smallest absolute Gasteiger partial charge is 0.353 e. The van der Waals surface area contributed by atoms with E-state index in [4.69, 9.17) is 9.47 Å². The second-order valence-corrected chi connectivity index (χ2v) is 8.32. The van der Waals surface area contributed by atoms with E-state index < -0.39 is 17.6 Å². The third-order valence-corrected chi connectivity index (χ3v) is 5.70. The first kappa shape index (κ1) is 24.0. The van der Waals surface area contributed by atoms with E-state index in [1.807, 2.05) is 6.07 Å². The molecule has 0 aliphatic carbocycles. The van der Waals surface area contributed by atoms with Gasteiger partial charge in [-0.2, -0.15) is 14.0 Å². The summed E-state index contributed by atoms with van der Waals surface area (Å²) in [6, 6.07) is 15.6. The molecule has 2 aromatic carbocycles. The maximum Gasteiger partial charge on any atom is 0.353 e. The molecule has 0 radical (unpaired) electrons. The lowest BCUT2D eigenvalue weighted by molar-refractivity contribution is -0.112. The van der Waals surface area contributed by atoms with Gasteiger partial charge in [0.25, 0.3) is 11.7 Å². The maximum absolute atomic E-state index is 12.5. The molecule has 6 nitrogen and oxygen atoms in total. The summed E-state index contributed by atoms with van der Waals surface area (Å²) in [5, 5.41) is 13.7. The SMILES string of the molecule is COc1cc(/C=C(\C#N)C(=O)Nc2ccc(SC(F)F)cc2)ccc1OC(=O)c1cccs1. The molecule has 0 spiro atoms. The zero-order valence-electron chi connectivity index (χ0n) is 17.1. The number of anilines is 1. The molecule has 0 aliphatic rings. The topological polar surface area (TPSA) is 88.4 Å². The van der Waals surface area contributed by atoms with Gasteiger partial charge in [0.15, 0.2) is 11.5 Å². The van der Waals surface area contributed by atoms with Gasteiger partial charge in [-0.15, -0.1) is 11.3 Å². The minimum Gasteiger partial charge on any atom is -0.493 e. The summed E-state index contributed by atoms with van der Waals surface area (Å²) in [6.07, 6.45) is 1.35. The van der Waals surface area contributed by atoms with E-state index in [1.54, 1.807) is 23.6 Å². The number of thioether (sulfide) groups is 1. The molecule has 0 atom stereocenters. The number of ether oxygens (including phenoxy) is 2. The Morgan fingerprint density at radius 1 is 1.15 bits per heavy atom. The van der Waals surface area contributed by atoms with E-state index in [1.165, 1.54) is 60.9 Å². The summed E-state index contributed by atoms with van der Waals surface area (Å²) < 4.78 is 35.5. The highest BCUT2D eigenvalue weighted by molar-refractivity contribution is 7.99. The Morgan fingerprint density at radius 3 is 2.52 bits per heavy atom. The Morgan fingerprint density at radius 2 is 1.91 bits per heavy atom. The highest BCUT2D eigenvalue weighted by atomic mass is 32.2. The molecule has 3 aromatic rings. The molecule has 0 unspecified atom stereocenters. The van der Waals surface area contributed by atoms with Crippen LogP contribution in [0.3, 0.4) is 0 Å². The average Bonchev–Trinajstić information content (AvgIpc) is 3.34. The zero-order chi connectivity index (χ0) is 23.8. The number of methoxy groups -OCH3 is 1. The lowest BCUT2D eigenvalue weighted by Gasteiger charge is -2.10. The first-order valence-electron chi connectivity index (χ1n) is 9.31. The first-order valence-corrected chi connectivity index (χ1v) is 11.1. The fourth-order valence-corrected chi connectivity index (χ4v) is 3.73. The summed E-state index contributed by atoms with van der Waals surface area (Å²) in [5.74, 6) is -3.29. The summed E-state index contributed by atoms with van der Waals surface area (Å²) in [5.41, 5.74) is 0.637. The number of amides is 1. The van der Waals surface area contributed by atoms with Gasteiger partial charge in [-0.1, -0.05) is 23.9 Å². The first-order chi connectivity index (χ1) is 15.9. The van der Waals surface area contributed by atoms with E-state index in [0.29, 0.717) is 32.8 Å². The Hall–Kier alpha value is -3.68. The van der Waals surface area contributed by atoms with Gasteiger partial charge in [-0.25, -0.2) is 4.79 Å². The number of benzene rings is 2. The molecule has 0 fully saturated rings. The predicted octanol–water partition coefficient (Wildman–Crippen LogP) is 5.84. The Balaban J connectivity index is 1.73. The third-order valence-electron chi connectivity index (χ3n) is 4.13. The number of nitriles is 1. The van der Waals surface area contributed by atoms with Gasteiger partial charge in [0, 0.05) is 10.6 Å². The van der Waals surface area contributed by atoms with E-state index in [2.05, 4.69) is 5.32 Å². The molecule has 1 N–H and O–H groups in total. The minimum absolute atomic E-state index is 0.189. The van der Waals surface area contributed by atoms with Crippen LogP contribution in [-0.2, 0) is 4.79 Å². The van der Waals surface area contributed by atoms with Crippen LogP contribution < -0.4 is 14.8 Å². The van der Waals surface area contributed by atoms with Gasteiger partial charge in [0.2, 0.25) is 0 Å². The van der Waals surface area contributed by atoms with Crippen molar-refractivity contribution in [1.29, 1.82) is 5.26 Å². The number of nitrogens with zero attached hydrogens (tertiary/aromatic N) is 1. The van der Waals surface area contributed by atoms with E-state index in [9.17, 15) is 23.6 Å². The van der Waals surface area contributed by atoms with Crippen LogP contribution in [0.5, 0.6) is 11.5 Å². The van der Waals surface area contributed by atoms with Crippen LogP contribution in [0.2, 0.25) is 0 Å². The molecule has 33 heavy (non-hydrogen) atoms. The third kappa shape index (κ3) is 6.65. The predicted molar refractivity (Wildman–Crippen MR) is 123 cm³/mol. The number of nitrogens with one attached hydrogen (secondary N) is 1. The van der Waals surface area contributed by atoms with Crippen molar-refractivity contribution >= 4 is 46.7 Å². The highest BCUT2D eigenvalue weighted by Crippen LogP contribution is 2.30. The molecule has 10 heteroatoms. The number of halogens is 2. The molecular weight excluding hydrogens is 470 g/mol. The number of hydrogen-bond donors (Lipinski definition) is 1. The highest BCUT2D eigenvalue weighted by Gasteiger charge is 2.15. The van der Waals surface area contributed by atoms with Gasteiger partial charge in [-0.3, -0.25) is 4.79 Å². The molecule has 1 heterocycles. The number of carbonyl (C=O) groups is 2. The van der Waals surface area contributed by atoms with Gasteiger partial charge >= 0.3 is 5.97 Å². The van der Waals surface area contributed by atoms with Crippen molar-refractivity contribution in [3.63, 3.8) is 0 Å².